The van der Waals surface area contributed by atoms with Crippen molar-refractivity contribution in [3.05, 3.63) is 58.4 Å². The summed E-state index contributed by atoms with van der Waals surface area (Å²) in [5.41, 5.74) is 4.13. The summed E-state index contributed by atoms with van der Waals surface area (Å²) in [5, 5.41) is 3.78. The van der Waals surface area contributed by atoms with Gasteiger partial charge in [-0.15, -0.1) is 0 Å². The summed E-state index contributed by atoms with van der Waals surface area (Å²) in [4.78, 5) is 16.6. The Bertz CT molecular complexity index is 990. The van der Waals surface area contributed by atoms with Crippen molar-refractivity contribution in [1.82, 2.24) is 14.9 Å². The van der Waals surface area contributed by atoms with Gasteiger partial charge in [-0.05, 0) is 68.5 Å². The number of benzene rings is 2. The van der Waals surface area contributed by atoms with Gasteiger partial charge in [0.1, 0.15) is 11.6 Å². The molecule has 0 aliphatic heterocycles. The highest BCUT2D eigenvalue weighted by atomic mass is 35.5. The second kappa shape index (κ2) is 10.5. The van der Waals surface area contributed by atoms with Gasteiger partial charge in [-0.1, -0.05) is 30.7 Å². The Morgan fingerprint density at radius 2 is 1.90 bits per heavy atom. The first-order valence-electron chi connectivity index (χ1n) is 10.6. The molecule has 3 rings (SSSR count). The fraction of sp³-hybridized carbons (Fsp3) is 0.417. The zero-order valence-electron chi connectivity index (χ0n) is 18.0. The van der Waals surface area contributed by atoms with Crippen molar-refractivity contribution >= 4 is 28.5 Å². The second-order valence-corrected chi connectivity index (χ2v) is 8.00. The summed E-state index contributed by atoms with van der Waals surface area (Å²) in [5.74, 6) is 1.82. The summed E-state index contributed by atoms with van der Waals surface area (Å²) >= 11 is 6.23. The molecule has 1 N–H and O–H groups in total. The van der Waals surface area contributed by atoms with E-state index in [0.717, 1.165) is 64.6 Å². The Balaban J connectivity index is 1.58. The summed E-state index contributed by atoms with van der Waals surface area (Å²) in [6.45, 7) is 7.93. The number of carbonyl (C=O) groups is 1. The van der Waals surface area contributed by atoms with Crippen molar-refractivity contribution in [3.63, 3.8) is 0 Å². The van der Waals surface area contributed by atoms with E-state index in [0.29, 0.717) is 19.6 Å². The second-order valence-electron chi connectivity index (χ2n) is 7.62. The Morgan fingerprint density at radius 3 is 2.63 bits per heavy atom. The van der Waals surface area contributed by atoms with Crippen molar-refractivity contribution in [2.45, 2.75) is 59.5 Å². The average molecular weight is 428 g/mol. The number of nitrogens with one attached hydrogen (secondary N) is 1. The number of ether oxygens (including phenoxy) is 1. The van der Waals surface area contributed by atoms with Crippen LogP contribution in [0.5, 0.6) is 5.75 Å². The number of aryl methyl sites for hydroxylation is 3. The molecule has 0 saturated heterocycles. The van der Waals surface area contributed by atoms with Crippen LogP contribution in [0.15, 0.2) is 36.4 Å². The SMILES string of the molecule is CCCC(=O)NCc1nc2ccccc2n1CCCCOc1cc(C)c(Cl)c(C)c1. The third kappa shape index (κ3) is 5.54. The Hall–Kier alpha value is -2.53. The number of para-hydroxylation sites is 2. The molecule has 0 atom stereocenters. The van der Waals surface area contributed by atoms with Gasteiger partial charge in [-0.3, -0.25) is 4.79 Å². The molecule has 0 fully saturated rings. The minimum atomic E-state index is 0.0676. The maximum Gasteiger partial charge on any atom is 0.220 e. The largest absolute Gasteiger partial charge is 0.494 e. The molecule has 3 aromatic rings. The van der Waals surface area contributed by atoms with Crippen LogP contribution in [0.3, 0.4) is 0 Å². The molecular formula is C24H30ClN3O2. The maximum absolute atomic E-state index is 11.9. The maximum atomic E-state index is 11.9. The molecule has 0 bridgehead atoms. The van der Waals surface area contributed by atoms with E-state index in [1.807, 2.05) is 51.1 Å². The number of aromatic nitrogens is 2. The van der Waals surface area contributed by atoms with Gasteiger partial charge in [0.05, 0.1) is 24.2 Å². The number of halogens is 1. The molecule has 5 nitrogen and oxygen atoms in total. The van der Waals surface area contributed by atoms with Gasteiger partial charge < -0.3 is 14.6 Å². The summed E-state index contributed by atoms with van der Waals surface area (Å²) in [7, 11) is 0. The molecule has 30 heavy (non-hydrogen) atoms. The van der Waals surface area contributed by atoms with Gasteiger partial charge in [0.25, 0.3) is 0 Å². The topological polar surface area (TPSA) is 56.2 Å². The summed E-state index contributed by atoms with van der Waals surface area (Å²) in [6.07, 6.45) is 3.27. The standard InChI is InChI=1S/C24H30ClN3O2/c1-4-9-23(29)26-16-22-27-20-10-5-6-11-21(20)28(22)12-7-8-13-30-19-14-17(2)24(25)18(3)15-19/h5-6,10-11,14-15H,4,7-9,12-13,16H2,1-3H3,(H,26,29). The molecule has 6 heteroatoms. The minimum absolute atomic E-state index is 0.0676. The summed E-state index contributed by atoms with van der Waals surface area (Å²) in [6, 6.07) is 12.1. The normalized spacial score (nSPS) is 11.1. The molecule has 0 radical (unpaired) electrons. The molecular weight excluding hydrogens is 398 g/mol. The van der Waals surface area contributed by atoms with Crippen LogP contribution in [0.25, 0.3) is 11.0 Å². The third-order valence-corrected chi connectivity index (χ3v) is 5.71. The number of rotatable bonds is 10. The fourth-order valence-electron chi connectivity index (χ4n) is 3.55. The van der Waals surface area contributed by atoms with Crippen molar-refractivity contribution in [2.75, 3.05) is 6.61 Å². The molecule has 0 saturated carbocycles. The first-order chi connectivity index (χ1) is 14.5. The quantitative estimate of drug-likeness (QED) is 0.429. The minimum Gasteiger partial charge on any atom is -0.494 e. The van der Waals surface area contributed by atoms with E-state index in [1.165, 1.54) is 0 Å². The molecule has 0 aliphatic carbocycles. The number of hydrogen-bond donors (Lipinski definition) is 1. The number of hydrogen-bond acceptors (Lipinski definition) is 3. The Kier molecular flexibility index (Phi) is 7.75. The van der Waals surface area contributed by atoms with Crippen molar-refractivity contribution in [3.8, 4) is 5.75 Å². The lowest BCUT2D eigenvalue weighted by Gasteiger charge is -2.12. The van der Waals surface area contributed by atoms with E-state index in [1.54, 1.807) is 0 Å². The lowest BCUT2D eigenvalue weighted by atomic mass is 10.1. The predicted octanol–water partition coefficient (Wildman–Crippen LogP) is 5.58. The summed E-state index contributed by atoms with van der Waals surface area (Å²) < 4.78 is 8.13. The van der Waals surface area contributed by atoms with Crippen molar-refractivity contribution in [2.24, 2.45) is 0 Å². The van der Waals surface area contributed by atoms with E-state index in [-0.39, 0.29) is 5.91 Å². The third-order valence-electron chi connectivity index (χ3n) is 5.11. The number of carbonyl (C=O) groups excluding carboxylic acids is 1. The fourth-order valence-corrected chi connectivity index (χ4v) is 3.66. The van der Waals surface area contributed by atoms with Gasteiger partial charge in [-0.2, -0.15) is 0 Å². The molecule has 0 unspecified atom stereocenters. The van der Waals surface area contributed by atoms with Crippen molar-refractivity contribution < 1.29 is 9.53 Å². The highest BCUT2D eigenvalue weighted by Crippen LogP contribution is 2.26. The van der Waals surface area contributed by atoms with Crippen LogP contribution in [-0.2, 0) is 17.9 Å². The van der Waals surface area contributed by atoms with Crippen LogP contribution >= 0.6 is 11.6 Å². The van der Waals surface area contributed by atoms with Crippen LogP contribution in [0.1, 0.15) is 49.6 Å². The van der Waals surface area contributed by atoms with Gasteiger partial charge in [0.2, 0.25) is 5.91 Å². The van der Waals surface area contributed by atoms with Crippen LogP contribution in [0.4, 0.5) is 0 Å². The van der Waals surface area contributed by atoms with Gasteiger partial charge in [-0.25, -0.2) is 4.98 Å². The monoisotopic (exact) mass is 427 g/mol. The number of amides is 1. The van der Waals surface area contributed by atoms with Gasteiger partial charge in [0, 0.05) is 18.0 Å². The van der Waals surface area contributed by atoms with Crippen LogP contribution in [0, 0.1) is 13.8 Å². The number of imidazole rings is 1. The van der Waals surface area contributed by atoms with E-state index in [4.69, 9.17) is 21.3 Å². The van der Waals surface area contributed by atoms with E-state index < -0.39 is 0 Å². The number of unbranched alkanes of at least 4 members (excludes halogenated alkanes) is 1. The molecule has 0 spiro atoms. The van der Waals surface area contributed by atoms with E-state index in [9.17, 15) is 4.79 Å². The van der Waals surface area contributed by atoms with Crippen molar-refractivity contribution in [1.29, 1.82) is 0 Å². The molecule has 0 aliphatic rings. The molecule has 160 valence electrons. The van der Waals surface area contributed by atoms with E-state index in [2.05, 4.69) is 16.0 Å². The highest BCUT2D eigenvalue weighted by Gasteiger charge is 2.11. The highest BCUT2D eigenvalue weighted by molar-refractivity contribution is 6.32. The molecule has 1 amide bonds. The number of fused-ring (bicyclic) bond motifs is 1. The van der Waals surface area contributed by atoms with Crippen LogP contribution in [-0.4, -0.2) is 22.1 Å². The first-order valence-corrected chi connectivity index (χ1v) is 11.0. The predicted molar refractivity (Wildman–Crippen MR) is 122 cm³/mol. The molecule has 1 heterocycles. The van der Waals surface area contributed by atoms with E-state index >= 15 is 0 Å². The zero-order chi connectivity index (χ0) is 21.5. The van der Waals surface area contributed by atoms with Crippen LogP contribution in [0.2, 0.25) is 5.02 Å². The lowest BCUT2D eigenvalue weighted by molar-refractivity contribution is -0.121. The zero-order valence-corrected chi connectivity index (χ0v) is 18.8. The Labute approximate surface area is 183 Å². The molecule has 2 aromatic carbocycles. The van der Waals surface area contributed by atoms with Gasteiger partial charge in [0.15, 0.2) is 0 Å². The smallest absolute Gasteiger partial charge is 0.220 e. The number of nitrogens with zero attached hydrogens (tertiary/aromatic N) is 2. The van der Waals surface area contributed by atoms with Gasteiger partial charge >= 0.3 is 0 Å². The Morgan fingerprint density at radius 1 is 1.17 bits per heavy atom. The lowest BCUT2D eigenvalue weighted by Crippen LogP contribution is -2.24. The molecule has 1 aromatic heterocycles. The van der Waals surface area contributed by atoms with Crippen LogP contribution < -0.4 is 10.1 Å². The average Bonchev–Trinajstić information content (AvgIpc) is 3.08. The first kappa shape index (κ1) is 22.2.